The summed E-state index contributed by atoms with van der Waals surface area (Å²) >= 11 is 6.86. The van der Waals surface area contributed by atoms with Crippen LogP contribution in [0.1, 0.15) is 11.1 Å². The Kier molecular flexibility index (Phi) is 5.69. The lowest BCUT2D eigenvalue weighted by molar-refractivity contribution is 0.808. The predicted octanol–water partition coefficient (Wildman–Crippen LogP) is 3.44. The van der Waals surface area contributed by atoms with E-state index in [1.807, 2.05) is 48.5 Å². The van der Waals surface area contributed by atoms with Gasteiger partial charge < -0.3 is 0 Å². The lowest BCUT2D eigenvalue weighted by atomic mass is 10.2. The van der Waals surface area contributed by atoms with E-state index >= 15 is 0 Å². The van der Waals surface area contributed by atoms with E-state index in [2.05, 4.69) is 52.4 Å². The van der Waals surface area contributed by atoms with Crippen molar-refractivity contribution in [1.29, 1.82) is 0 Å². The molecule has 2 aromatic carbocycles. The second-order valence-electron chi connectivity index (χ2n) is 6.56. The van der Waals surface area contributed by atoms with Crippen molar-refractivity contribution < 1.29 is 0 Å². The number of hydrazone groups is 1. The van der Waals surface area contributed by atoms with Gasteiger partial charge in [0.15, 0.2) is 11.2 Å². The summed E-state index contributed by atoms with van der Waals surface area (Å²) in [6.07, 6.45) is 1.65. The molecule has 8 nitrogen and oxygen atoms in total. The van der Waals surface area contributed by atoms with Crippen molar-refractivity contribution in [3.05, 3.63) is 89.4 Å². The van der Waals surface area contributed by atoms with Gasteiger partial charge in [-0.1, -0.05) is 56.1 Å². The van der Waals surface area contributed by atoms with Crippen LogP contribution < -0.4 is 16.7 Å². The molecule has 30 heavy (non-hydrogen) atoms. The summed E-state index contributed by atoms with van der Waals surface area (Å²) in [4.78, 5) is 31.4. The molecular weight excluding hydrogens is 516 g/mol. The van der Waals surface area contributed by atoms with E-state index in [0.717, 1.165) is 20.1 Å². The van der Waals surface area contributed by atoms with Gasteiger partial charge in [-0.15, -0.1) is 0 Å². The van der Waals surface area contributed by atoms with Crippen LogP contribution in [-0.4, -0.2) is 25.3 Å². The summed E-state index contributed by atoms with van der Waals surface area (Å²) in [6, 6.07) is 15.4. The molecule has 2 aromatic heterocycles. The molecule has 0 fully saturated rings. The second kappa shape index (κ2) is 8.41. The summed E-state index contributed by atoms with van der Waals surface area (Å²) in [6.45, 7) is 0.368. The van der Waals surface area contributed by atoms with Gasteiger partial charge in [0.25, 0.3) is 5.56 Å². The molecular formula is C20H16Br2N6O2. The zero-order valence-corrected chi connectivity index (χ0v) is 18.9. The van der Waals surface area contributed by atoms with Gasteiger partial charge in [0.1, 0.15) is 0 Å². The lowest BCUT2D eigenvalue weighted by Gasteiger charge is -2.08. The molecule has 4 rings (SSSR count). The van der Waals surface area contributed by atoms with Gasteiger partial charge in [0, 0.05) is 16.0 Å². The lowest BCUT2D eigenvalue weighted by Crippen LogP contribution is -2.29. The average molecular weight is 532 g/mol. The zero-order chi connectivity index (χ0) is 21.3. The number of hydrogen-bond donors (Lipinski definition) is 2. The van der Waals surface area contributed by atoms with Crippen molar-refractivity contribution in [1.82, 2.24) is 19.1 Å². The van der Waals surface area contributed by atoms with Crippen LogP contribution in [0.15, 0.2) is 72.2 Å². The molecule has 0 saturated heterocycles. The standard InChI is InChI=1S/C20H16Br2N6O2/c1-27-17-16(18(29)25-20(27)30)28(11-13-3-2-4-15(22)9-13)19(24-17)26-23-10-12-5-7-14(21)8-6-12/h2-10H,11H2,1H3,(H,24,26)(H,25,29,30)/b23-10-. The van der Waals surface area contributed by atoms with E-state index in [-0.39, 0.29) is 5.65 Å². The number of fused-ring (bicyclic) bond motifs is 1. The fraction of sp³-hybridized carbons (Fsp3) is 0.100. The highest BCUT2D eigenvalue weighted by atomic mass is 79.9. The number of aromatic amines is 1. The van der Waals surface area contributed by atoms with Gasteiger partial charge in [-0.3, -0.25) is 18.9 Å². The van der Waals surface area contributed by atoms with Gasteiger partial charge in [0.05, 0.1) is 12.8 Å². The Morgan fingerprint density at radius 2 is 1.90 bits per heavy atom. The fourth-order valence-corrected chi connectivity index (χ4v) is 3.72. The van der Waals surface area contributed by atoms with Gasteiger partial charge in [0.2, 0.25) is 5.95 Å². The molecule has 0 amide bonds. The van der Waals surface area contributed by atoms with Gasteiger partial charge in [-0.25, -0.2) is 10.2 Å². The molecule has 0 aliphatic heterocycles. The zero-order valence-electron chi connectivity index (χ0n) is 15.8. The first-order valence-corrected chi connectivity index (χ1v) is 10.5. The van der Waals surface area contributed by atoms with Crippen molar-refractivity contribution in [3.8, 4) is 0 Å². The van der Waals surface area contributed by atoms with Crippen LogP contribution >= 0.6 is 31.9 Å². The van der Waals surface area contributed by atoms with Crippen molar-refractivity contribution in [2.45, 2.75) is 6.54 Å². The van der Waals surface area contributed by atoms with Crippen molar-refractivity contribution in [2.75, 3.05) is 5.43 Å². The quantitative estimate of drug-likeness (QED) is 0.304. The Morgan fingerprint density at radius 1 is 1.13 bits per heavy atom. The number of rotatable bonds is 5. The number of aromatic nitrogens is 4. The maximum Gasteiger partial charge on any atom is 0.329 e. The highest BCUT2D eigenvalue weighted by Crippen LogP contribution is 2.19. The molecule has 0 bridgehead atoms. The summed E-state index contributed by atoms with van der Waals surface area (Å²) in [5, 5.41) is 4.26. The molecule has 0 atom stereocenters. The van der Waals surface area contributed by atoms with Crippen LogP contribution in [0.5, 0.6) is 0 Å². The van der Waals surface area contributed by atoms with Crippen molar-refractivity contribution in [3.63, 3.8) is 0 Å². The van der Waals surface area contributed by atoms with Crippen LogP contribution in [0.4, 0.5) is 5.95 Å². The molecule has 0 unspecified atom stereocenters. The number of benzene rings is 2. The smallest absolute Gasteiger partial charge is 0.298 e. The number of aryl methyl sites for hydroxylation is 1. The molecule has 2 N–H and O–H groups in total. The Hall–Kier alpha value is -2.98. The van der Waals surface area contributed by atoms with E-state index in [1.165, 1.54) is 4.57 Å². The SMILES string of the molecule is Cn1c(=O)[nH]c(=O)c2c1nc(N/N=C\c1ccc(Br)cc1)n2Cc1cccc(Br)c1. The Balaban J connectivity index is 1.78. The fourth-order valence-electron chi connectivity index (χ4n) is 3.01. The molecule has 0 radical (unpaired) electrons. The van der Waals surface area contributed by atoms with Gasteiger partial charge in [-0.05, 0) is 35.4 Å². The molecule has 10 heteroatoms. The highest BCUT2D eigenvalue weighted by molar-refractivity contribution is 9.10. The van der Waals surface area contributed by atoms with E-state index in [9.17, 15) is 9.59 Å². The summed E-state index contributed by atoms with van der Waals surface area (Å²) < 4.78 is 4.91. The van der Waals surface area contributed by atoms with Crippen LogP contribution in [0.25, 0.3) is 11.2 Å². The van der Waals surface area contributed by atoms with Crippen LogP contribution in [0.2, 0.25) is 0 Å². The first kappa shape index (κ1) is 20.3. The average Bonchev–Trinajstić information content (AvgIpc) is 3.07. The molecule has 4 aromatic rings. The van der Waals surface area contributed by atoms with Crippen molar-refractivity contribution in [2.24, 2.45) is 12.1 Å². The predicted molar refractivity (Wildman–Crippen MR) is 124 cm³/mol. The van der Waals surface area contributed by atoms with E-state index in [1.54, 1.807) is 17.8 Å². The third-order valence-electron chi connectivity index (χ3n) is 4.48. The second-order valence-corrected chi connectivity index (χ2v) is 8.39. The Labute approximate surface area is 187 Å². The van der Waals surface area contributed by atoms with Crippen LogP contribution in [0, 0.1) is 0 Å². The summed E-state index contributed by atoms with van der Waals surface area (Å²) in [7, 11) is 1.56. The first-order chi connectivity index (χ1) is 14.4. The molecule has 0 saturated carbocycles. The third-order valence-corrected chi connectivity index (χ3v) is 5.51. The van der Waals surface area contributed by atoms with E-state index in [4.69, 9.17) is 0 Å². The minimum Gasteiger partial charge on any atom is -0.298 e. The molecule has 2 heterocycles. The number of H-pyrrole nitrogens is 1. The number of halogens is 2. The normalized spacial score (nSPS) is 11.4. The number of anilines is 1. The topological polar surface area (TPSA) is 97.1 Å². The minimum absolute atomic E-state index is 0.278. The number of nitrogens with one attached hydrogen (secondary N) is 2. The Bertz CT molecular complexity index is 1370. The van der Waals surface area contributed by atoms with Gasteiger partial charge >= 0.3 is 5.69 Å². The van der Waals surface area contributed by atoms with E-state index < -0.39 is 11.2 Å². The number of nitrogens with zero attached hydrogens (tertiary/aromatic N) is 4. The maximum atomic E-state index is 12.6. The number of imidazole rings is 1. The first-order valence-electron chi connectivity index (χ1n) is 8.91. The monoisotopic (exact) mass is 530 g/mol. The highest BCUT2D eigenvalue weighted by Gasteiger charge is 2.17. The number of hydrogen-bond acceptors (Lipinski definition) is 5. The summed E-state index contributed by atoms with van der Waals surface area (Å²) in [5.41, 5.74) is 4.30. The van der Waals surface area contributed by atoms with Crippen LogP contribution in [0.3, 0.4) is 0 Å². The van der Waals surface area contributed by atoms with Crippen molar-refractivity contribution >= 4 is 55.2 Å². The van der Waals surface area contributed by atoms with Crippen LogP contribution in [-0.2, 0) is 13.6 Å². The Morgan fingerprint density at radius 3 is 2.63 bits per heavy atom. The molecule has 0 aliphatic carbocycles. The third kappa shape index (κ3) is 4.14. The molecule has 0 aliphatic rings. The molecule has 152 valence electrons. The largest absolute Gasteiger partial charge is 0.329 e. The minimum atomic E-state index is -0.524. The van der Waals surface area contributed by atoms with Gasteiger partial charge in [-0.2, -0.15) is 10.1 Å². The van der Waals surface area contributed by atoms with E-state index in [0.29, 0.717) is 18.0 Å². The molecule has 0 spiro atoms. The summed E-state index contributed by atoms with van der Waals surface area (Å²) in [5.74, 6) is 0.352. The maximum absolute atomic E-state index is 12.6.